The fourth-order valence-corrected chi connectivity index (χ4v) is 0.828. The van der Waals surface area contributed by atoms with Crippen molar-refractivity contribution in [1.29, 1.82) is 0 Å². The van der Waals surface area contributed by atoms with Crippen LogP contribution in [0, 0.1) is 18.3 Å². The van der Waals surface area contributed by atoms with E-state index in [1.54, 1.807) is 0 Å². The highest BCUT2D eigenvalue weighted by Crippen LogP contribution is 2.12. The topological polar surface area (TPSA) is 0 Å². The van der Waals surface area contributed by atoms with Gasteiger partial charge in [0.2, 0.25) is 0 Å². The maximum Gasteiger partial charge on any atom is 0.0234 e. The van der Waals surface area contributed by atoms with E-state index >= 15 is 0 Å². The van der Waals surface area contributed by atoms with Crippen molar-refractivity contribution in [3.63, 3.8) is 0 Å². The Morgan fingerprint density at radius 2 is 2.30 bits per heavy atom. The van der Waals surface area contributed by atoms with Crippen LogP contribution in [0.15, 0.2) is 11.6 Å². The first-order valence-electron chi connectivity index (χ1n) is 3.82. The summed E-state index contributed by atoms with van der Waals surface area (Å²) in [6, 6.07) is 0. The maximum absolute atomic E-state index is 5.31. The summed E-state index contributed by atoms with van der Waals surface area (Å²) in [7, 11) is 0. The van der Waals surface area contributed by atoms with Crippen molar-refractivity contribution < 1.29 is 0 Å². The van der Waals surface area contributed by atoms with Gasteiger partial charge in [-0.1, -0.05) is 18.6 Å². The molecule has 0 aromatic carbocycles. The Balaban J connectivity index is 3.77. The van der Waals surface area contributed by atoms with Crippen molar-refractivity contribution in [2.75, 3.05) is 0 Å². The van der Waals surface area contributed by atoms with Crippen LogP contribution in [0.25, 0.3) is 0 Å². The average Bonchev–Trinajstić information content (AvgIpc) is 1.99. The Hall–Kier alpha value is -0.700. The minimum Gasteiger partial charge on any atom is -0.120 e. The van der Waals surface area contributed by atoms with Crippen LogP contribution in [0.4, 0.5) is 0 Å². The highest BCUT2D eigenvalue weighted by atomic mass is 14.0. The number of hydrogen-bond donors (Lipinski definition) is 0. The zero-order chi connectivity index (χ0) is 7.98. The van der Waals surface area contributed by atoms with E-state index in [0.29, 0.717) is 5.92 Å². The summed E-state index contributed by atoms with van der Waals surface area (Å²) in [6.07, 6.45) is 9.58. The molecule has 0 spiro atoms. The molecule has 1 atom stereocenters. The molecule has 0 fully saturated rings. The van der Waals surface area contributed by atoms with Gasteiger partial charge in [-0.15, -0.1) is 12.3 Å². The Morgan fingerprint density at radius 1 is 1.70 bits per heavy atom. The number of hydrogen-bond acceptors (Lipinski definition) is 0. The zero-order valence-electron chi connectivity index (χ0n) is 7.15. The van der Waals surface area contributed by atoms with Gasteiger partial charge in [-0.3, -0.25) is 0 Å². The predicted octanol–water partition coefficient (Wildman–Crippen LogP) is 3.00. The summed E-state index contributed by atoms with van der Waals surface area (Å²) in [5.41, 5.74) is 1.39. The second-order valence-electron chi connectivity index (χ2n) is 2.61. The summed E-state index contributed by atoms with van der Waals surface area (Å²) >= 11 is 0. The van der Waals surface area contributed by atoms with E-state index in [1.807, 2.05) is 0 Å². The third-order valence-corrected chi connectivity index (χ3v) is 1.79. The Morgan fingerprint density at radius 3 is 2.60 bits per heavy atom. The van der Waals surface area contributed by atoms with E-state index < -0.39 is 0 Å². The minimum atomic E-state index is 0.441. The monoisotopic (exact) mass is 136 g/mol. The van der Waals surface area contributed by atoms with Gasteiger partial charge in [0.1, 0.15) is 0 Å². The van der Waals surface area contributed by atoms with Crippen LogP contribution in [-0.2, 0) is 0 Å². The van der Waals surface area contributed by atoms with E-state index in [0.717, 1.165) is 12.8 Å². The quantitative estimate of drug-likeness (QED) is 0.413. The van der Waals surface area contributed by atoms with E-state index in [-0.39, 0.29) is 0 Å². The second-order valence-corrected chi connectivity index (χ2v) is 2.61. The van der Waals surface area contributed by atoms with Crippen LogP contribution in [0.3, 0.4) is 0 Å². The van der Waals surface area contributed by atoms with E-state index in [9.17, 15) is 0 Å². The smallest absolute Gasteiger partial charge is 0.0234 e. The molecular weight excluding hydrogens is 120 g/mol. The molecule has 0 rings (SSSR count). The third-order valence-electron chi connectivity index (χ3n) is 1.79. The molecule has 0 amide bonds. The summed E-state index contributed by atoms with van der Waals surface area (Å²) < 4.78 is 0. The largest absolute Gasteiger partial charge is 0.120 e. The molecule has 0 aliphatic rings. The normalized spacial score (nSPS) is 14.4. The molecular formula is C10H16. The molecule has 0 aromatic heterocycles. The molecule has 0 aliphatic heterocycles. The van der Waals surface area contributed by atoms with E-state index in [4.69, 9.17) is 6.42 Å². The van der Waals surface area contributed by atoms with Crippen molar-refractivity contribution in [3.05, 3.63) is 11.6 Å². The maximum atomic E-state index is 5.31. The van der Waals surface area contributed by atoms with Crippen LogP contribution >= 0.6 is 0 Å². The first-order valence-corrected chi connectivity index (χ1v) is 3.82. The summed E-state index contributed by atoms with van der Waals surface area (Å²) in [5.74, 6) is 3.22. The van der Waals surface area contributed by atoms with Gasteiger partial charge in [0.05, 0.1) is 0 Å². The minimum absolute atomic E-state index is 0.441. The molecule has 1 unspecified atom stereocenters. The highest BCUT2D eigenvalue weighted by Gasteiger charge is 2.00. The van der Waals surface area contributed by atoms with Gasteiger partial charge in [-0.05, 0) is 26.7 Å². The molecule has 0 heterocycles. The summed E-state index contributed by atoms with van der Waals surface area (Å²) in [6.45, 7) is 6.31. The van der Waals surface area contributed by atoms with Gasteiger partial charge < -0.3 is 0 Å². The molecule has 0 bridgehead atoms. The van der Waals surface area contributed by atoms with Gasteiger partial charge in [-0.2, -0.15) is 0 Å². The third kappa shape index (κ3) is 3.35. The van der Waals surface area contributed by atoms with Gasteiger partial charge in [0.25, 0.3) is 0 Å². The van der Waals surface area contributed by atoms with Gasteiger partial charge >= 0.3 is 0 Å². The first-order chi connectivity index (χ1) is 4.74. The fraction of sp³-hybridized carbons (Fsp3) is 0.600. The van der Waals surface area contributed by atoms with Gasteiger partial charge in [0.15, 0.2) is 0 Å². The lowest BCUT2D eigenvalue weighted by Gasteiger charge is -2.06. The molecule has 0 aromatic rings. The first kappa shape index (κ1) is 9.30. The van der Waals surface area contributed by atoms with Crippen LogP contribution in [0.2, 0.25) is 0 Å². The van der Waals surface area contributed by atoms with Crippen molar-refractivity contribution in [3.8, 4) is 12.3 Å². The summed E-state index contributed by atoms with van der Waals surface area (Å²) in [5, 5.41) is 0. The van der Waals surface area contributed by atoms with Crippen molar-refractivity contribution in [1.82, 2.24) is 0 Å². The predicted molar refractivity (Wildman–Crippen MR) is 46.7 cm³/mol. The molecule has 56 valence electrons. The molecule has 0 saturated carbocycles. The van der Waals surface area contributed by atoms with Crippen molar-refractivity contribution in [2.45, 2.75) is 33.6 Å². The number of allylic oxidation sites excluding steroid dienone is 2. The molecule has 0 radical (unpaired) electrons. The van der Waals surface area contributed by atoms with E-state index in [1.165, 1.54) is 5.57 Å². The standard InChI is InChI=1S/C10H16/c1-5-9(4)8-10(6-2)7-3/h2,5,10H,7-8H2,1,3-4H3. The SMILES string of the molecule is C#CC(CC)CC(C)=CC. The van der Waals surface area contributed by atoms with Crippen molar-refractivity contribution >= 4 is 0 Å². The Bertz CT molecular complexity index is 146. The number of rotatable bonds is 3. The zero-order valence-corrected chi connectivity index (χ0v) is 7.15. The van der Waals surface area contributed by atoms with Gasteiger partial charge in [0, 0.05) is 5.92 Å². The number of terminal acetylenes is 1. The molecule has 0 nitrogen and oxygen atoms in total. The fourth-order valence-electron chi connectivity index (χ4n) is 0.828. The van der Waals surface area contributed by atoms with Crippen LogP contribution in [0.5, 0.6) is 0 Å². The summed E-state index contributed by atoms with van der Waals surface area (Å²) in [4.78, 5) is 0. The Kier molecular flexibility index (Phi) is 4.76. The lowest BCUT2D eigenvalue weighted by molar-refractivity contribution is 0.642. The van der Waals surface area contributed by atoms with Crippen LogP contribution in [0.1, 0.15) is 33.6 Å². The lowest BCUT2D eigenvalue weighted by Crippen LogP contribution is -1.94. The molecule has 0 heteroatoms. The van der Waals surface area contributed by atoms with Crippen LogP contribution in [-0.4, -0.2) is 0 Å². The Labute approximate surface area is 64.3 Å². The molecule has 0 N–H and O–H groups in total. The highest BCUT2D eigenvalue weighted by molar-refractivity contribution is 5.04. The van der Waals surface area contributed by atoms with E-state index in [2.05, 4.69) is 32.8 Å². The second kappa shape index (κ2) is 5.11. The van der Waals surface area contributed by atoms with Gasteiger partial charge in [-0.25, -0.2) is 0 Å². The average molecular weight is 136 g/mol. The van der Waals surface area contributed by atoms with Crippen LogP contribution < -0.4 is 0 Å². The molecule has 0 aliphatic carbocycles. The lowest BCUT2D eigenvalue weighted by atomic mass is 9.99. The molecule has 0 saturated heterocycles. The molecule has 10 heavy (non-hydrogen) atoms. The van der Waals surface area contributed by atoms with Crippen molar-refractivity contribution in [2.24, 2.45) is 5.92 Å².